The Morgan fingerprint density at radius 3 is 2.40 bits per heavy atom. The number of likely N-dealkylation sites (tertiary alicyclic amines) is 1. The zero-order valence-electron chi connectivity index (χ0n) is 24.4. The van der Waals surface area contributed by atoms with E-state index in [0.29, 0.717) is 11.7 Å². The summed E-state index contributed by atoms with van der Waals surface area (Å²) in [5.74, 6) is 0.119. The average molecular weight is 602 g/mol. The smallest absolute Gasteiger partial charge is 0.490 e. The molecule has 12 heteroatoms. The number of carboxylic acid groups (broad SMARTS) is 1. The lowest BCUT2D eigenvalue weighted by Crippen LogP contribution is -2.37. The standard InChI is InChI=1S/C29H37N5O2.C2HF3O2/c1-32(2)29-30-14-12-28(31-29)34-17-13-23-21-24(35)8-11-26(23)27(34)20-22-6-9-25(10-7-22)36-19-18-33-15-4-3-5-16-33;3-2(4,5)1(6)7/h6-12,14,21,27,35H,3-5,13,15-20H2,1-2H3;(H,6,7). The molecule has 1 fully saturated rings. The molecule has 1 aromatic heterocycles. The van der Waals surface area contributed by atoms with Crippen LogP contribution < -0.4 is 14.5 Å². The second kappa shape index (κ2) is 14.4. The molecule has 1 unspecified atom stereocenters. The Labute approximate surface area is 249 Å². The van der Waals surface area contributed by atoms with Crippen LogP contribution in [0.2, 0.25) is 0 Å². The summed E-state index contributed by atoms with van der Waals surface area (Å²) in [6.45, 7) is 4.96. The highest BCUT2D eigenvalue weighted by Crippen LogP contribution is 2.37. The highest BCUT2D eigenvalue weighted by molar-refractivity contribution is 5.73. The van der Waals surface area contributed by atoms with Crippen molar-refractivity contribution in [1.82, 2.24) is 14.9 Å². The number of piperidine rings is 1. The minimum absolute atomic E-state index is 0.116. The molecule has 1 saturated heterocycles. The lowest BCUT2D eigenvalue weighted by molar-refractivity contribution is -0.192. The largest absolute Gasteiger partial charge is 0.508 e. The third-order valence-corrected chi connectivity index (χ3v) is 7.53. The van der Waals surface area contributed by atoms with Crippen LogP contribution >= 0.6 is 0 Å². The molecule has 2 aliphatic heterocycles. The zero-order valence-corrected chi connectivity index (χ0v) is 24.4. The van der Waals surface area contributed by atoms with Gasteiger partial charge < -0.3 is 24.7 Å². The number of rotatable bonds is 8. The molecular formula is C31H38F3N5O4. The summed E-state index contributed by atoms with van der Waals surface area (Å²) in [5, 5.41) is 17.2. The van der Waals surface area contributed by atoms with Crippen molar-refractivity contribution < 1.29 is 32.9 Å². The van der Waals surface area contributed by atoms with Crippen molar-refractivity contribution in [2.45, 2.75) is 44.3 Å². The Bertz CT molecular complexity index is 1350. The van der Waals surface area contributed by atoms with Crippen LogP contribution in [0.4, 0.5) is 24.9 Å². The van der Waals surface area contributed by atoms with Crippen LogP contribution in [0, 0.1) is 0 Å². The fraction of sp³-hybridized carbons (Fsp3) is 0.452. The van der Waals surface area contributed by atoms with Gasteiger partial charge in [-0.3, -0.25) is 4.90 Å². The van der Waals surface area contributed by atoms with E-state index in [0.717, 1.165) is 44.1 Å². The molecule has 3 heterocycles. The van der Waals surface area contributed by atoms with Gasteiger partial charge in [-0.05, 0) is 85.8 Å². The van der Waals surface area contributed by atoms with Gasteiger partial charge in [0.05, 0.1) is 6.04 Å². The average Bonchev–Trinajstić information content (AvgIpc) is 2.98. The predicted octanol–water partition coefficient (Wildman–Crippen LogP) is 5.09. The molecule has 2 aliphatic rings. The molecule has 3 aromatic rings. The first-order chi connectivity index (χ1) is 20.5. The van der Waals surface area contributed by atoms with Gasteiger partial charge in [0.2, 0.25) is 5.95 Å². The maximum Gasteiger partial charge on any atom is 0.490 e. The van der Waals surface area contributed by atoms with E-state index in [1.807, 2.05) is 37.3 Å². The third-order valence-electron chi connectivity index (χ3n) is 7.53. The summed E-state index contributed by atoms with van der Waals surface area (Å²) in [6.07, 6.45) is 2.43. The fourth-order valence-electron chi connectivity index (χ4n) is 5.33. The number of ether oxygens (including phenoxy) is 1. The highest BCUT2D eigenvalue weighted by Gasteiger charge is 2.38. The van der Waals surface area contributed by atoms with Gasteiger partial charge in [0.15, 0.2) is 0 Å². The van der Waals surface area contributed by atoms with E-state index in [9.17, 15) is 18.3 Å². The first-order valence-corrected chi connectivity index (χ1v) is 14.3. The minimum Gasteiger partial charge on any atom is -0.508 e. The van der Waals surface area contributed by atoms with Crippen molar-refractivity contribution in [3.8, 4) is 11.5 Å². The first kappa shape index (κ1) is 31.9. The predicted molar refractivity (Wildman–Crippen MR) is 158 cm³/mol. The van der Waals surface area contributed by atoms with Gasteiger partial charge in [-0.25, -0.2) is 9.78 Å². The number of phenols is 1. The van der Waals surface area contributed by atoms with Gasteiger partial charge in [-0.1, -0.05) is 24.6 Å². The highest BCUT2D eigenvalue weighted by atomic mass is 19.4. The van der Waals surface area contributed by atoms with Crippen LogP contribution in [0.25, 0.3) is 0 Å². The number of alkyl halides is 3. The number of carboxylic acids is 1. The molecule has 2 N–H and O–H groups in total. The van der Waals surface area contributed by atoms with Gasteiger partial charge in [0.25, 0.3) is 0 Å². The van der Waals surface area contributed by atoms with Crippen molar-refractivity contribution in [3.63, 3.8) is 0 Å². The third kappa shape index (κ3) is 8.96. The second-order valence-electron chi connectivity index (χ2n) is 10.9. The number of hydrogen-bond donors (Lipinski definition) is 2. The summed E-state index contributed by atoms with van der Waals surface area (Å²) < 4.78 is 37.8. The molecule has 232 valence electrons. The number of aliphatic carboxylic acids is 1. The molecule has 5 rings (SSSR count). The van der Waals surface area contributed by atoms with Crippen molar-refractivity contribution in [2.75, 3.05) is 56.7 Å². The van der Waals surface area contributed by atoms with Crippen LogP contribution in [0.5, 0.6) is 11.5 Å². The number of halogens is 3. The molecule has 9 nitrogen and oxygen atoms in total. The van der Waals surface area contributed by atoms with Crippen molar-refractivity contribution in [3.05, 3.63) is 71.4 Å². The summed E-state index contributed by atoms with van der Waals surface area (Å²) in [5.41, 5.74) is 3.69. The quantitative estimate of drug-likeness (QED) is 0.366. The molecule has 2 aromatic carbocycles. The van der Waals surface area contributed by atoms with Crippen molar-refractivity contribution in [2.24, 2.45) is 0 Å². The van der Waals surface area contributed by atoms with E-state index in [4.69, 9.17) is 19.6 Å². The number of aromatic nitrogens is 2. The lowest BCUT2D eigenvalue weighted by Gasteiger charge is -2.38. The fourth-order valence-corrected chi connectivity index (χ4v) is 5.33. The van der Waals surface area contributed by atoms with Crippen LogP contribution in [0.15, 0.2) is 54.7 Å². The summed E-state index contributed by atoms with van der Waals surface area (Å²) in [6, 6.07) is 16.4. The number of aromatic hydroxyl groups is 1. The molecule has 0 amide bonds. The molecule has 0 bridgehead atoms. The number of hydrogen-bond acceptors (Lipinski definition) is 8. The Kier molecular flexibility index (Phi) is 10.7. The second-order valence-corrected chi connectivity index (χ2v) is 10.9. The number of phenolic OH excluding ortho intramolecular Hbond substituents is 1. The van der Waals surface area contributed by atoms with Gasteiger partial charge >= 0.3 is 12.1 Å². The number of carbonyl (C=O) groups is 1. The van der Waals surface area contributed by atoms with Crippen LogP contribution in [0.3, 0.4) is 0 Å². The minimum atomic E-state index is -5.08. The topological polar surface area (TPSA) is 102 Å². The Hall–Kier alpha value is -4.06. The van der Waals surface area contributed by atoms with Crippen LogP contribution in [-0.2, 0) is 17.6 Å². The molecule has 0 spiro atoms. The molecule has 0 saturated carbocycles. The maximum atomic E-state index is 10.6. The van der Waals surface area contributed by atoms with Gasteiger partial charge in [0, 0.05) is 33.4 Å². The number of benzene rings is 2. The van der Waals surface area contributed by atoms with E-state index in [2.05, 4.69) is 45.1 Å². The summed E-state index contributed by atoms with van der Waals surface area (Å²) in [7, 11) is 3.92. The van der Waals surface area contributed by atoms with Crippen molar-refractivity contribution >= 4 is 17.7 Å². The summed E-state index contributed by atoms with van der Waals surface area (Å²) >= 11 is 0. The Balaban J connectivity index is 0.000000541. The van der Waals surface area contributed by atoms with Crippen LogP contribution in [0.1, 0.15) is 42.0 Å². The Morgan fingerprint density at radius 1 is 1.05 bits per heavy atom. The molecule has 43 heavy (non-hydrogen) atoms. The number of fused-ring (bicyclic) bond motifs is 1. The molecule has 0 aliphatic carbocycles. The van der Waals surface area contributed by atoms with E-state index >= 15 is 0 Å². The first-order valence-electron chi connectivity index (χ1n) is 14.3. The number of nitrogens with zero attached hydrogens (tertiary/aromatic N) is 5. The van der Waals surface area contributed by atoms with Gasteiger partial charge in [-0.2, -0.15) is 18.2 Å². The van der Waals surface area contributed by atoms with E-state index < -0.39 is 12.1 Å². The van der Waals surface area contributed by atoms with E-state index in [-0.39, 0.29) is 6.04 Å². The number of anilines is 2. The molecule has 0 radical (unpaired) electrons. The van der Waals surface area contributed by atoms with Crippen molar-refractivity contribution in [1.29, 1.82) is 0 Å². The SMILES string of the molecule is CN(C)c1nccc(N2CCc3cc(O)ccc3C2Cc2ccc(OCCN3CCCCC3)cc2)n1.O=C(O)C(F)(F)F. The monoisotopic (exact) mass is 601 g/mol. The van der Waals surface area contributed by atoms with Gasteiger partial charge in [-0.15, -0.1) is 0 Å². The van der Waals surface area contributed by atoms with Crippen LogP contribution in [-0.4, -0.2) is 84.1 Å². The zero-order chi connectivity index (χ0) is 31.0. The Morgan fingerprint density at radius 2 is 1.74 bits per heavy atom. The maximum absolute atomic E-state index is 10.6. The normalized spacial score (nSPS) is 17.0. The van der Waals surface area contributed by atoms with Gasteiger partial charge in [0.1, 0.15) is 23.9 Å². The molecular weight excluding hydrogens is 563 g/mol. The van der Waals surface area contributed by atoms with E-state index in [1.165, 1.54) is 49.0 Å². The summed E-state index contributed by atoms with van der Waals surface area (Å²) in [4.78, 5) is 24.9. The molecule has 1 atom stereocenters. The lowest BCUT2D eigenvalue weighted by atomic mass is 9.88. The van der Waals surface area contributed by atoms with E-state index in [1.54, 1.807) is 6.07 Å².